The van der Waals surface area contributed by atoms with Crippen molar-refractivity contribution in [2.24, 2.45) is 0 Å². The van der Waals surface area contributed by atoms with Gasteiger partial charge in [-0.2, -0.15) is 13.2 Å². The first-order valence-corrected chi connectivity index (χ1v) is 7.22. The Balaban J connectivity index is 2.11. The minimum absolute atomic E-state index is 0.114. The van der Waals surface area contributed by atoms with E-state index in [1.54, 1.807) is 0 Å². The fourth-order valence-corrected chi connectivity index (χ4v) is 2.78. The number of amides is 2. The molecule has 2 amide bonds. The zero-order valence-electron chi connectivity index (χ0n) is 12.1. The first-order valence-electron chi connectivity index (χ1n) is 7.22. The maximum atomic E-state index is 12.3. The second-order valence-electron chi connectivity index (χ2n) is 5.30. The molecule has 2 rings (SSSR count). The smallest absolute Gasteiger partial charge is 0.396 e. The van der Waals surface area contributed by atoms with Crippen LogP contribution in [-0.2, 0) is 6.42 Å². The summed E-state index contributed by atoms with van der Waals surface area (Å²) in [4.78, 5) is 13.5. The van der Waals surface area contributed by atoms with Gasteiger partial charge >= 0.3 is 12.2 Å². The lowest BCUT2D eigenvalue weighted by molar-refractivity contribution is -0.123. The molecule has 0 bridgehead atoms. The topological polar surface area (TPSA) is 52.6 Å². The molecule has 7 heteroatoms. The molecule has 0 heterocycles. The van der Waals surface area contributed by atoms with Crippen molar-refractivity contribution in [3.05, 3.63) is 35.4 Å². The van der Waals surface area contributed by atoms with Gasteiger partial charge < -0.3 is 15.3 Å². The third-order valence-electron chi connectivity index (χ3n) is 3.74. The number of rotatable bonds is 5. The Kier molecular flexibility index (Phi) is 5.28. The van der Waals surface area contributed by atoms with E-state index in [4.69, 9.17) is 5.11 Å². The number of halogens is 3. The maximum absolute atomic E-state index is 12.3. The molecule has 0 saturated carbocycles. The summed E-state index contributed by atoms with van der Waals surface area (Å²) in [5.74, 6) is 0. The van der Waals surface area contributed by atoms with Gasteiger partial charge in [0.05, 0.1) is 6.04 Å². The summed E-state index contributed by atoms with van der Waals surface area (Å²) in [6.45, 7) is -1.24. The van der Waals surface area contributed by atoms with Crippen LogP contribution in [-0.4, -0.2) is 41.9 Å². The number of aliphatic hydroxyl groups excluding tert-OH is 1. The zero-order valence-corrected chi connectivity index (χ0v) is 12.1. The Labute approximate surface area is 126 Å². The van der Waals surface area contributed by atoms with E-state index >= 15 is 0 Å². The highest BCUT2D eigenvalue weighted by Gasteiger charge is 2.33. The number of nitrogens with one attached hydrogen (secondary N) is 1. The SMILES string of the molecule is O=C(NCC(F)(F)F)N(CCCO)C1CCc2ccccc21. The van der Waals surface area contributed by atoms with Crippen LogP contribution in [0.25, 0.3) is 0 Å². The number of aliphatic hydroxyl groups is 1. The molecule has 1 unspecified atom stereocenters. The Morgan fingerprint density at radius 3 is 2.77 bits per heavy atom. The van der Waals surface area contributed by atoms with Crippen molar-refractivity contribution in [2.45, 2.75) is 31.5 Å². The van der Waals surface area contributed by atoms with Crippen LogP contribution in [0.3, 0.4) is 0 Å². The molecule has 1 aromatic carbocycles. The number of fused-ring (bicyclic) bond motifs is 1. The molecule has 1 atom stereocenters. The van der Waals surface area contributed by atoms with Crippen molar-refractivity contribution in [1.82, 2.24) is 10.2 Å². The van der Waals surface area contributed by atoms with Gasteiger partial charge in [0.15, 0.2) is 0 Å². The van der Waals surface area contributed by atoms with Crippen LogP contribution in [0.5, 0.6) is 0 Å². The van der Waals surface area contributed by atoms with Gasteiger partial charge in [0, 0.05) is 13.2 Å². The number of alkyl halides is 3. The molecule has 1 aliphatic rings. The van der Waals surface area contributed by atoms with E-state index in [1.165, 1.54) is 4.90 Å². The number of hydrogen-bond donors (Lipinski definition) is 2. The zero-order chi connectivity index (χ0) is 16.2. The standard InChI is InChI=1S/C15H19F3N2O2/c16-15(17,18)10-19-14(22)20(8-3-9-21)13-7-6-11-4-1-2-5-12(11)13/h1-2,4-5,13,21H,3,6-10H2,(H,19,22). The third kappa shape index (κ3) is 4.13. The van der Waals surface area contributed by atoms with Gasteiger partial charge in [-0.25, -0.2) is 4.79 Å². The van der Waals surface area contributed by atoms with Crippen molar-refractivity contribution in [3.63, 3.8) is 0 Å². The first kappa shape index (κ1) is 16.6. The summed E-state index contributed by atoms with van der Waals surface area (Å²) in [5, 5.41) is 10.9. The lowest BCUT2D eigenvalue weighted by Crippen LogP contribution is -2.45. The Hall–Kier alpha value is -1.76. The van der Waals surface area contributed by atoms with Gasteiger partial charge in [0.2, 0.25) is 0 Å². The second-order valence-corrected chi connectivity index (χ2v) is 5.30. The van der Waals surface area contributed by atoms with Crippen molar-refractivity contribution < 1.29 is 23.1 Å². The highest BCUT2D eigenvalue weighted by molar-refractivity contribution is 5.75. The number of urea groups is 1. The molecular weight excluding hydrogens is 297 g/mol. The molecule has 1 aromatic rings. The quantitative estimate of drug-likeness (QED) is 0.877. The van der Waals surface area contributed by atoms with Crippen LogP contribution < -0.4 is 5.32 Å². The largest absolute Gasteiger partial charge is 0.405 e. The number of carbonyl (C=O) groups is 1. The lowest BCUT2D eigenvalue weighted by Gasteiger charge is -2.30. The predicted octanol–water partition coefficient (Wildman–Crippen LogP) is 2.63. The summed E-state index contributed by atoms with van der Waals surface area (Å²) in [6.07, 6.45) is -2.63. The third-order valence-corrected chi connectivity index (χ3v) is 3.74. The first-order chi connectivity index (χ1) is 10.4. The van der Waals surface area contributed by atoms with Gasteiger partial charge in [-0.05, 0) is 30.4 Å². The molecule has 2 N–H and O–H groups in total. The van der Waals surface area contributed by atoms with Gasteiger partial charge in [-0.15, -0.1) is 0 Å². The Morgan fingerprint density at radius 1 is 1.36 bits per heavy atom. The Bertz CT molecular complexity index is 520. The van der Waals surface area contributed by atoms with Crippen LogP contribution in [0.15, 0.2) is 24.3 Å². The fourth-order valence-electron chi connectivity index (χ4n) is 2.78. The molecular formula is C15H19F3N2O2. The van der Waals surface area contributed by atoms with Crippen LogP contribution >= 0.6 is 0 Å². The van der Waals surface area contributed by atoms with Gasteiger partial charge in [0.25, 0.3) is 0 Å². The normalized spacial score (nSPS) is 17.2. The van der Waals surface area contributed by atoms with Crippen LogP contribution in [0.2, 0.25) is 0 Å². The number of hydrogen-bond acceptors (Lipinski definition) is 2. The van der Waals surface area contributed by atoms with E-state index in [0.29, 0.717) is 12.8 Å². The summed E-state index contributed by atoms with van der Waals surface area (Å²) >= 11 is 0. The van der Waals surface area contributed by atoms with Crippen LogP contribution in [0.1, 0.15) is 30.0 Å². The summed E-state index contributed by atoms with van der Waals surface area (Å²) in [5.41, 5.74) is 2.09. The molecule has 122 valence electrons. The van der Waals surface area contributed by atoms with E-state index in [2.05, 4.69) is 0 Å². The molecule has 4 nitrogen and oxygen atoms in total. The van der Waals surface area contributed by atoms with Gasteiger partial charge in [-0.3, -0.25) is 0 Å². The van der Waals surface area contributed by atoms with Gasteiger partial charge in [-0.1, -0.05) is 24.3 Å². The molecule has 1 aliphatic carbocycles. The van der Waals surface area contributed by atoms with E-state index in [9.17, 15) is 18.0 Å². The van der Waals surface area contributed by atoms with Crippen LogP contribution in [0, 0.1) is 0 Å². The van der Waals surface area contributed by atoms with Crippen LogP contribution in [0.4, 0.5) is 18.0 Å². The number of benzene rings is 1. The van der Waals surface area contributed by atoms with E-state index in [1.807, 2.05) is 29.6 Å². The molecule has 0 fully saturated rings. The monoisotopic (exact) mass is 316 g/mol. The summed E-state index contributed by atoms with van der Waals surface area (Å²) in [7, 11) is 0. The Morgan fingerprint density at radius 2 is 2.09 bits per heavy atom. The molecule has 0 radical (unpaired) electrons. The van der Waals surface area contributed by atoms with Crippen molar-refractivity contribution >= 4 is 6.03 Å². The van der Waals surface area contributed by atoms with Gasteiger partial charge in [0.1, 0.15) is 6.54 Å². The van der Waals surface area contributed by atoms with Crippen molar-refractivity contribution in [2.75, 3.05) is 19.7 Å². The van der Waals surface area contributed by atoms with E-state index < -0.39 is 18.8 Å². The fraction of sp³-hybridized carbons (Fsp3) is 0.533. The number of nitrogens with zero attached hydrogens (tertiary/aromatic N) is 1. The molecule has 0 aromatic heterocycles. The lowest BCUT2D eigenvalue weighted by atomic mass is 10.1. The second kappa shape index (κ2) is 7.00. The molecule has 0 spiro atoms. The molecule has 0 saturated heterocycles. The number of carbonyl (C=O) groups excluding carboxylic acids is 1. The minimum Gasteiger partial charge on any atom is -0.396 e. The summed E-state index contributed by atoms with van der Waals surface area (Å²) in [6, 6.07) is 6.64. The minimum atomic E-state index is -4.44. The predicted molar refractivity (Wildman–Crippen MR) is 75.4 cm³/mol. The highest BCUT2D eigenvalue weighted by Crippen LogP contribution is 2.35. The average Bonchev–Trinajstić information content (AvgIpc) is 2.89. The van der Waals surface area contributed by atoms with Crippen molar-refractivity contribution in [3.8, 4) is 0 Å². The molecule has 0 aliphatic heterocycles. The van der Waals surface area contributed by atoms with E-state index in [-0.39, 0.29) is 19.2 Å². The highest BCUT2D eigenvalue weighted by atomic mass is 19.4. The maximum Gasteiger partial charge on any atom is 0.405 e. The average molecular weight is 316 g/mol. The number of aryl methyl sites for hydroxylation is 1. The van der Waals surface area contributed by atoms with Crippen molar-refractivity contribution in [1.29, 1.82) is 0 Å². The molecule has 22 heavy (non-hydrogen) atoms. The summed E-state index contributed by atoms with van der Waals surface area (Å²) < 4.78 is 36.8. The van der Waals surface area contributed by atoms with E-state index in [0.717, 1.165) is 17.5 Å².